The molecule has 3 rings (SSSR count). The Kier molecular flexibility index (Phi) is 4.94. The summed E-state index contributed by atoms with van der Waals surface area (Å²) in [5, 5.41) is 6.29. The van der Waals surface area contributed by atoms with Gasteiger partial charge in [-0.2, -0.15) is 0 Å². The number of nitrogens with one attached hydrogen (secondary N) is 2. The molecular weight excluding hydrogens is 330 g/mol. The number of hydrogen-bond donors (Lipinski definition) is 2. The van der Waals surface area contributed by atoms with Crippen LogP contribution in [0.15, 0.2) is 30.5 Å². The molecule has 0 spiro atoms. The van der Waals surface area contributed by atoms with E-state index < -0.39 is 5.60 Å². The normalized spacial score (nSPS) is 17.5. The Hall–Kier alpha value is -2.50. The first-order valence-corrected chi connectivity index (χ1v) is 9.08. The summed E-state index contributed by atoms with van der Waals surface area (Å²) in [6.07, 6.45) is 1.93. The molecule has 6 heteroatoms. The highest BCUT2D eigenvalue weighted by Gasteiger charge is 2.27. The van der Waals surface area contributed by atoms with Crippen LogP contribution in [0.25, 0.3) is 0 Å². The van der Waals surface area contributed by atoms with Gasteiger partial charge >= 0.3 is 6.09 Å². The van der Waals surface area contributed by atoms with Crippen LogP contribution in [-0.2, 0) is 11.2 Å². The van der Waals surface area contributed by atoms with Gasteiger partial charge in [0.2, 0.25) is 0 Å². The van der Waals surface area contributed by atoms with Crippen LogP contribution in [0.1, 0.15) is 49.5 Å². The molecule has 6 nitrogen and oxygen atoms in total. The Morgan fingerprint density at radius 3 is 2.62 bits per heavy atom. The lowest BCUT2D eigenvalue weighted by Gasteiger charge is -2.33. The van der Waals surface area contributed by atoms with Gasteiger partial charge in [0.05, 0.1) is 0 Å². The Morgan fingerprint density at radius 2 is 1.96 bits per heavy atom. The van der Waals surface area contributed by atoms with Crippen LogP contribution in [0.4, 0.5) is 10.5 Å². The lowest BCUT2D eigenvalue weighted by Crippen LogP contribution is -2.47. The number of fused-ring (bicyclic) bond motifs is 1. The quantitative estimate of drug-likeness (QED) is 0.852. The number of piperidine rings is 1. The molecule has 2 aliphatic rings. The number of likely N-dealkylation sites (tertiary alicyclic amines) is 1. The van der Waals surface area contributed by atoms with Gasteiger partial charge in [0.1, 0.15) is 5.60 Å². The van der Waals surface area contributed by atoms with E-state index in [4.69, 9.17) is 4.74 Å². The van der Waals surface area contributed by atoms with Crippen molar-refractivity contribution in [1.82, 2.24) is 10.2 Å². The van der Waals surface area contributed by atoms with Gasteiger partial charge in [0.15, 0.2) is 0 Å². The van der Waals surface area contributed by atoms with Gasteiger partial charge in [-0.3, -0.25) is 4.79 Å². The van der Waals surface area contributed by atoms with Crippen LogP contribution in [0.3, 0.4) is 0 Å². The smallest absolute Gasteiger partial charge is 0.410 e. The summed E-state index contributed by atoms with van der Waals surface area (Å²) in [5.74, 6) is -0.0685. The number of amides is 2. The molecule has 2 N–H and O–H groups in total. The number of carbonyl (C=O) groups excluding carboxylic acids is 2. The van der Waals surface area contributed by atoms with E-state index in [0.29, 0.717) is 18.7 Å². The summed E-state index contributed by atoms with van der Waals surface area (Å²) < 4.78 is 5.40. The van der Waals surface area contributed by atoms with Crippen LogP contribution in [-0.4, -0.2) is 41.6 Å². The molecule has 0 unspecified atom stereocenters. The summed E-state index contributed by atoms with van der Waals surface area (Å²) in [4.78, 5) is 26.3. The molecule has 1 fully saturated rings. The van der Waals surface area contributed by atoms with E-state index in [0.717, 1.165) is 36.2 Å². The Labute approximate surface area is 154 Å². The number of anilines is 1. The van der Waals surface area contributed by atoms with Crippen LogP contribution >= 0.6 is 0 Å². The third-order valence-electron chi connectivity index (χ3n) is 4.56. The largest absolute Gasteiger partial charge is 0.444 e. The molecule has 2 heterocycles. The molecule has 0 bridgehead atoms. The third-order valence-corrected chi connectivity index (χ3v) is 4.56. The van der Waals surface area contributed by atoms with Crippen molar-refractivity contribution in [3.8, 4) is 0 Å². The van der Waals surface area contributed by atoms with E-state index in [2.05, 4.69) is 17.2 Å². The highest BCUT2D eigenvalue weighted by atomic mass is 16.6. The molecule has 26 heavy (non-hydrogen) atoms. The van der Waals surface area contributed by atoms with Gasteiger partial charge < -0.3 is 20.3 Å². The molecule has 0 saturated carbocycles. The SMILES string of the molecule is C=C1Cc2cc(C(=O)NC3CCN(C(=O)OC(C)(C)C)CC3)ccc2N1. The van der Waals surface area contributed by atoms with Crippen molar-refractivity contribution < 1.29 is 14.3 Å². The number of rotatable bonds is 2. The van der Waals surface area contributed by atoms with Gasteiger partial charge in [0.25, 0.3) is 5.91 Å². The summed E-state index contributed by atoms with van der Waals surface area (Å²) in [6.45, 7) is 10.7. The molecule has 0 aliphatic carbocycles. The zero-order chi connectivity index (χ0) is 18.9. The summed E-state index contributed by atoms with van der Waals surface area (Å²) >= 11 is 0. The molecule has 0 aromatic heterocycles. The third kappa shape index (κ3) is 4.36. The van der Waals surface area contributed by atoms with Crippen molar-refractivity contribution in [2.24, 2.45) is 0 Å². The van der Waals surface area contributed by atoms with Crippen molar-refractivity contribution in [2.75, 3.05) is 18.4 Å². The summed E-state index contributed by atoms with van der Waals surface area (Å²) in [7, 11) is 0. The van der Waals surface area contributed by atoms with Crippen molar-refractivity contribution in [3.63, 3.8) is 0 Å². The first kappa shape index (κ1) is 18.3. The lowest BCUT2D eigenvalue weighted by atomic mass is 10.0. The monoisotopic (exact) mass is 357 g/mol. The highest BCUT2D eigenvalue weighted by Crippen LogP contribution is 2.28. The average Bonchev–Trinajstić information content (AvgIpc) is 2.93. The van der Waals surface area contributed by atoms with Gasteiger partial charge in [0, 0.05) is 42.5 Å². The minimum atomic E-state index is -0.490. The van der Waals surface area contributed by atoms with E-state index in [1.807, 2.05) is 39.0 Å². The molecule has 2 amide bonds. The molecule has 1 aromatic carbocycles. The molecule has 2 aliphatic heterocycles. The van der Waals surface area contributed by atoms with E-state index in [-0.39, 0.29) is 18.0 Å². The average molecular weight is 357 g/mol. The van der Waals surface area contributed by atoms with Gasteiger partial charge in [-0.15, -0.1) is 0 Å². The zero-order valence-corrected chi connectivity index (χ0v) is 15.7. The molecule has 1 aromatic rings. The second-order valence-electron chi connectivity index (χ2n) is 7.99. The molecule has 0 atom stereocenters. The first-order valence-electron chi connectivity index (χ1n) is 9.08. The highest BCUT2D eigenvalue weighted by molar-refractivity contribution is 5.95. The fourth-order valence-corrected chi connectivity index (χ4v) is 3.27. The topological polar surface area (TPSA) is 70.7 Å². The minimum absolute atomic E-state index is 0.0685. The fraction of sp³-hybridized carbons (Fsp3) is 0.500. The Bertz CT molecular complexity index is 728. The van der Waals surface area contributed by atoms with Crippen LogP contribution in [0.2, 0.25) is 0 Å². The van der Waals surface area contributed by atoms with Crippen LogP contribution in [0, 0.1) is 0 Å². The maximum atomic E-state index is 12.5. The van der Waals surface area contributed by atoms with Crippen molar-refractivity contribution in [1.29, 1.82) is 0 Å². The van der Waals surface area contributed by atoms with E-state index in [1.165, 1.54) is 0 Å². The zero-order valence-electron chi connectivity index (χ0n) is 15.7. The number of allylic oxidation sites excluding steroid dienone is 1. The first-order chi connectivity index (χ1) is 12.2. The summed E-state index contributed by atoms with van der Waals surface area (Å²) in [6, 6.07) is 5.75. The molecule has 140 valence electrons. The summed E-state index contributed by atoms with van der Waals surface area (Å²) in [5.41, 5.74) is 3.25. The predicted molar refractivity (Wildman–Crippen MR) is 101 cm³/mol. The standard InChI is InChI=1S/C20H27N3O3/c1-13-11-15-12-14(5-6-17(15)21-13)18(24)22-16-7-9-23(10-8-16)19(25)26-20(2,3)4/h5-6,12,16,21H,1,7-11H2,2-4H3,(H,22,24). The van der Waals surface area contributed by atoms with Crippen LogP contribution < -0.4 is 10.6 Å². The number of nitrogens with zero attached hydrogens (tertiary/aromatic N) is 1. The number of benzene rings is 1. The number of carbonyl (C=O) groups is 2. The second-order valence-corrected chi connectivity index (χ2v) is 7.99. The van der Waals surface area contributed by atoms with Crippen molar-refractivity contribution in [3.05, 3.63) is 41.6 Å². The molecule has 0 radical (unpaired) electrons. The predicted octanol–water partition coefficient (Wildman–Crippen LogP) is 3.30. The second kappa shape index (κ2) is 7.02. The molecular formula is C20H27N3O3. The minimum Gasteiger partial charge on any atom is -0.444 e. The number of ether oxygens (including phenoxy) is 1. The van der Waals surface area contributed by atoms with Crippen molar-refractivity contribution >= 4 is 17.7 Å². The van der Waals surface area contributed by atoms with Crippen LogP contribution in [0.5, 0.6) is 0 Å². The maximum Gasteiger partial charge on any atom is 0.410 e. The van der Waals surface area contributed by atoms with E-state index in [1.54, 1.807) is 4.90 Å². The van der Waals surface area contributed by atoms with E-state index in [9.17, 15) is 9.59 Å². The van der Waals surface area contributed by atoms with Gasteiger partial charge in [-0.25, -0.2) is 4.79 Å². The fourth-order valence-electron chi connectivity index (χ4n) is 3.27. The van der Waals surface area contributed by atoms with Crippen molar-refractivity contribution in [2.45, 2.75) is 51.7 Å². The Balaban J connectivity index is 1.52. The van der Waals surface area contributed by atoms with E-state index >= 15 is 0 Å². The van der Waals surface area contributed by atoms with Gasteiger partial charge in [-0.05, 0) is 57.4 Å². The van der Waals surface area contributed by atoms with Gasteiger partial charge in [-0.1, -0.05) is 6.58 Å². The Morgan fingerprint density at radius 1 is 1.27 bits per heavy atom. The molecule has 1 saturated heterocycles. The number of hydrogen-bond acceptors (Lipinski definition) is 4. The lowest BCUT2D eigenvalue weighted by molar-refractivity contribution is 0.0199. The maximum absolute atomic E-state index is 12.5.